The molecule has 0 aromatic heterocycles. The molecule has 0 saturated carbocycles. The third-order valence-corrected chi connectivity index (χ3v) is 5.97. The van der Waals surface area contributed by atoms with Crippen LogP contribution < -0.4 is 0 Å². The van der Waals surface area contributed by atoms with E-state index in [1.54, 1.807) is 45.0 Å². The second-order valence-electron chi connectivity index (χ2n) is 8.65. The molecule has 1 heterocycles. The van der Waals surface area contributed by atoms with E-state index >= 15 is 0 Å². The van der Waals surface area contributed by atoms with Crippen molar-refractivity contribution in [3.05, 3.63) is 69.7 Å². The minimum absolute atomic E-state index is 0.131. The summed E-state index contributed by atoms with van der Waals surface area (Å²) in [7, 11) is 0. The van der Waals surface area contributed by atoms with Gasteiger partial charge in [0.25, 0.3) is 0 Å². The largest absolute Gasteiger partial charge is 0.444 e. The normalized spacial score (nSPS) is 18.9. The van der Waals surface area contributed by atoms with Gasteiger partial charge in [-0.05, 0) is 45.2 Å². The summed E-state index contributed by atoms with van der Waals surface area (Å²) in [5, 5.41) is 11.9. The number of hydrogen-bond acceptors (Lipinski definition) is 3. The number of rotatable bonds is 4. The van der Waals surface area contributed by atoms with E-state index in [-0.39, 0.29) is 16.5 Å². The number of carbonyl (C=O) groups is 1. The molecule has 1 N–H and O–H groups in total. The molecule has 1 aliphatic heterocycles. The number of nitrogens with zero attached hydrogens (tertiary/aromatic N) is 1. The Bertz CT molecular complexity index is 893. The van der Waals surface area contributed by atoms with Crippen LogP contribution in [0.3, 0.4) is 0 Å². The van der Waals surface area contributed by atoms with Gasteiger partial charge in [0.1, 0.15) is 22.8 Å². The van der Waals surface area contributed by atoms with Crippen LogP contribution in [0.15, 0.2) is 46.9 Å². The van der Waals surface area contributed by atoms with Gasteiger partial charge in [-0.25, -0.2) is 13.6 Å². The smallest absolute Gasteiger partial charge is 0.410 e. The summed E-state index contributed by atoms with van der Waals surface area (Å²) in [6.07, 6.45) is 0.572. The van der Waals surface area contributed by atoms with E-state index in [9.17, 15) is 18.7 Å². The number of carbonyl (C=O) groups excluding carboxylic acids is 1. The van der Waals surface area contributed by atoms with Crippen molar-refractivity contribution in [2.75, 3.05) is 6.54 Å². The van der Waals surface area contributed by atoms with E-state index in [0.717, 1.165) is 6.07 Å². The fraction of sp³-hybridized carbons (Fsp3) is 0.435. The highest BCUT2D eigenvalue weighted by molar-refractivity contribution is 9.10. The molecule has 1 amide bonds. The molecule has 0 bridgehead atoms. The molecule has 2 atom stereocenters. The first-order valence-corrected chi connectivity index (χ1v) is 10.7. The molecule has 30 heavy (non-hydrogen) atoms. The van der Waals surface area contributed by atoms with Gasteiger partial charge in [-0.15, -0.1) is 0 Å². The van der Waals surface area contributed by atoms with Crippen LogP contribution in [0, 0.1) is 11.6 Å². The molecule has 4 nitrogen and oxygen atoms in total. The summed E-state index contributed by atoms with van der Waals surface area (Å²) in [5.74, 6) is -1.46. The van der Waals surface area contributed by atoms with Crippen LogP contribution in [0.2, 0.25) is 0 Å². The molecule has 0 spiro atoms. The van der Waals surface area contributed by atoms with E-state index in [1.807, 2.05) is 6.07 Å². The zero-order valence-corrected chi connectivity index (χ0v) is 18.9. The van der Waals surface area contributed by atoms with Gasteiger partial charge in [0, 0.05) is 29.1 Å². The second-order valence-corrected chi connectivity index (χ2v) is 9.50. The molecule has 3 rings (SSSR count). The van der Waals surface area contributed by atoms with Gasteiger partial charge in [-0.3, -0.25) is 0 Å². The summed E-state index contributed by atoms with van der Waals surface area (Å²) in [6, 6.07) is 10.2. The van der Waals surface area contributed by atoms with Crippen LogP contribution in [0.5, 0.6) is 0 Å². The van der Waals surface area contributed by atoms with Crippen LogP contribution in [-0.2, 0) is 16.8 Å². The van der Waals surface area contributed by atoms with Crippen molar-refractivity contribution in [2.24, 2.45) is 0 Å². The van der Waals surface area contributed by atoms with E-state index in [4.69, 9.17) is 4.74 Å². The third-order valence-electron chi connectivity index (χ3n) is 5.26. The van der Waals surface area contributed by atoms with Gasteiger partial charge in [0.05, 0.1) is 6.04 Å². The lowest BCUT2D eigenvalue weighted by molar-refractivity contribution is -0.0487. The van der Waals surface area contributed by atoms with Crippen molar-refractivity contribution in [3.63, 3.8) is 0 Å². The van der Waals surface area contributed by atoms with Crippen LogP contribution in [0.1, 0.15) is 44.7 Å². The molecule has 1 aliphatic rings. The Labute approximate surface area is 184 Å². The maximum atomic E-state index is 14.6. The highest BCUT2D eigenvalue weighted by atomic mass is 79.9. The summed E-state index contributed by atoms with van der Waals surface area (Å²) >= 11 is 3.22. The van der Waals surface area contributed by atoms with Gasteiger partial charge < -0.3 is 14.7 Å². The van der Waals surface area contributed by atoms with Crippen molar-refractivity contribution in [3.8, 4) is 0 Å². The minimum atomic E-state index is -1.59. The van der Waals surface area contributed by atoms with Crippen LogP contribution in [0.4, 0.5) is 13.6 Å². The molecule has 2 aromatic carbocycles. The highest BCUT2D eigenvalue weighted by Crippen LogP contribution is 2.40. The first-order valence-electron chi connectivity index (χ1n) is 9.92. The zero-order chi connectivity index (χ0) is 22.1. The van der Waals surface area contributed by atoms with Crippen molar-refractivity contribution < 1.29 is 23.4 Å². The quantitative estimate of drug-likeness (QED) is 0.621. The van der Waals surface area contributed by atoms with Gasteiger partial charge in [0.15, 0.2) is 0 Å². The average Bonchev–Trinajstić information content (AvgIpc) is 3.14. The predicted molar refractivity (Wildman–Crippen MR) is 114 cm³/mol. The first-order chi connectivity index (χ1) is 14.0. The summed E-state index contributed by atoms with van der Waals surface area (Å²) < 4.78 is 34.0. The fourth-order valence-corrected chi connectivity index (χ4v) is 4.50. The van der Waals surface area contributed by atoms with Crippen LogP contribution >= 0.6 is 15.9 Å². The van der Waals surface area contributed by atoms with Crippen LogP contribution in [-0.4, -0.2) is 34.3 Å². The molecular formula is C23H26BrF2NO3. The van der Waals surface area contributed by atoms with Crippen molar-refractivity contribution in [2.45, 2.75) is 57.3 Å². The Morgan fingerprint density at radius 1 is 1.23 bits per heavy atom. The Kier molecular flexibility index (Phi) is 6.53. The number of aliphatic hydroxyl groups is 1. The monoisotopic (exact) mass is 481 g/mol. The zero-order valence-electron chi connectivity index (χ0n) is 17.3. The molecule has 0 aliphatic carbocycles. The summed E-state index contributed by atoms with van der Waals surface area (Å²) in [4.78, 5) is 14.4. The molecule has 0 unspecified atom stereocenters. The van der Waals surface area contributed by atoms with E-state index in [0.29, 0.717) is 24.9 Å². The SMILES string of the molecule is CC(C)(C)OC(=O)N1CCC[C@H]1[C@](O)(Cc1c(F)cc(F)cc1Br)c1ccccc1. The fourth-order valence-electron chi connectivity index (χ4n) is 3.95. The Morgan fingerprint density at radius 2 is 1.90 bits per heavy atom. The summed E-state index contributed by atoms with van der Waals surface area (Å²) in [6.45, 7) is 5.78. The molecule has 7 heteroatoms. The van der Waals surface area contributed by atoms with E-state index in [2.05, 4.69) is 15.9 Å². The van der Waals surface area contributed by atoms with Crippen molar-refractivity contribution >= 4 is 22.0 Å². The molecule has 162 valence electrons. The molecule has 0 radical (unpaired) electrons. The number of benzene rings is 2. The van der Waals surface area contributed by atoms with E-state index in [1.165, 1.54) is 11.0 Å². The first kappa shape index (κ1) is 22.7. The lowest BCUT2D eigenvalue weighted by atomic mass is 9.80. The lowest BCUT2D eigenvalue weighted by Gasteiger charge is -2.40. The maximum Gasteiger partial charge on any atom is 0.410 e. The molecule has 1 saturated heterocycles. The Hall–Kier alpha value is -1.99. The average molecular weight is 482 g/mol. The van der Waals surface area contributed by atoms with Crippen molar-refractivity contribution in [1.29, 1.82) is 0 Å². The minimum Gasteiger partial charge on any atom is -0.444 e. The van der Waals surface area contributed by atoms with Crippen molar-refractivity contribution in [1.82, 2.24) is 4.90 Å². The Morgan fingerprint density at radius 3 is 2.50 bits per heavy atom. The van der Waals surface area contributed by atoms with Crippen LogP contribution in [0.25, 0.3) is 0 Å². The second kappa shape index (κ2) is 8.63. The standard InChI is InChI=1S/C23H26BrF2NO3/c1-22(2,3)30-21(28)27-11-7-10-20(27)23(29,15-8-5-4-6-9-15)14-17-18(24)12-16(25)13-19(17)26/h4-6,8-9,12-13,20,29H,7,10-11,14H2,1-3H3/t20-,23-/m0/s1. The topological polar surface area (TPSA) is 49.8 Å². The molecule has 1 fully saturated rings. The number of halogens is 3. The lowest BCUT2D eigenvalue weighted by Crippen LogP contribution is -2.52. The molecule has 2 aromatic rings. The molecular weight excluding hydrogens is 456 g/mol. The van der Waals surface area contributed by atoms with Gasteiger partial charge in [-0.2, -0.15) is 0 Å². The van der Waals surface area contributed by atoms with Gasteiger partial charge in [-0.1, -0.05) is 46.3 Å². The Balaban J connectivity index is 2.04. The number of ether oxygens (including phenoxy) is 1. The summed E-state index contributed by atoms with van der Waals surface area (Å²) in [5.41, 5.74) is -1.56. The predicted octanol–water partition coefficient (Wildman–Crippen LogP) is 5.56. The van der Waals surface area contributed by atoms with Gasteiger partial charge in [0.2, 0.25) is 0 Å². The number of amides is 1. The van der Waals surface area contributed by atoms with Gasteiger partial charge >= 0.3 is 6.09 Å². The maximum absolute atomic E-state index is 14.6. The highest BCUT2D eigenvalue weighted by Gasteiger charge is 2.47. The third kappa shape index (κ3) is 4.83. The number of likely N-dealkylation sites (tertiary alicyclic amines) is 1. The number of hydrogen-bond donors (Lipinski definition) is 1. The van der Waals surface area contributed by atoms with E-state index < -0.39 is 35.0 Å².